The van der Waals surface area contributed by atoms with Crippen LogP contribution in [-0.4, -0.2) is 50.6 Å². The SMILES string of the molecule is COc1ccc(CC(C)(NCCN(C)C)C(N)=O)cc1. The number of methoxy groups -OCH3 is 1. The number of hydrogen-bond donors (Lipinski definition) is 2. The summed E-state index contributed by atoms with van der Waals surface area (Å²) in [4.78, 5) is 13.8. The predicted octanol–water partition coefficient (Wildman–Crippen LogP) is 0.633. The number of benzene rings is 1. The van der Waals surface area contributed by atoms with Gasteiger partial charge in [0.2, 0.25) is 5.91 Å². The Labute approximate surface area is 121 Å². The van der Waals surface area contributed by atoms with Gasteiger partial charge in [0.05, 0.1) is 12.6 Å². The summed E-state index contributed by atoms with van der Waals surface area (Å²) in [5.74, 6) is 0.460. The number of carbonyl (C=O) groups is 1. The smallest absolute Gasteiger partial charge is 0.237 e. The lowest BCUT2D eigenvalue weighted by Gasteiger charge is -2.28. The third-order valence-electron chi connectivity index (χ3n) is 3.33. The molecule has 0 radical (unpaired) electrons. The van der Waals surface area contributed by atoms with Crippen molar-refractivity contribution in [2.45, 2.75) is 18.9 Å². The second-order valence-corrected chi connectivity index (χ2v) is 5.45. The minimum absolute atomic E-state index is 0.341. The summed E-state index contributed by atoms with van der Waals surface area (Å²) in [5.41, 5.74) is 5.85. The zero-order valence-corrected chi connectivity index (χ0v) is 12.8. The number of carbonyl (C=O) groups excluding carboxylic acids is 1. The van der Waals surface area contributed by atoms with Gasteiger partial charge in [-0.25, -0.2) is 0 Å². The largest absolute Gasteiger partial charge is 0.497 e. The molecule has 0 aliphatic rings. The fourth-order valence-electron chi connectivity index (χ4n) is 1.94. The highest BCUT2D eigenvalue weighted by Gasteiger charge is 2.30. The molecule has 1 atom stereocenters. The lowest BCUT2D eigenvalue weighted by atomic mass is 9.92. The van der Waals surface area contributed by atoms with E-state index in [2.05, 4.69) is 10.2 Å². The first-order chi connectivity index (χ1) is 9.37. The molecule has 1 unspecified atom stereocenters. The second-order valence-electron chi connectivity index (χ2n) is 5.45. The molecule has 1 aromatic rings. The molecular formula is C15H25N3O2. The summed E-state index contributed by atoms with van der Waals surface area (Å²) in [5, 5.41) is 3.26. The number of ether oxygens (including phenoxy) is 1. The van der Waals surface area contributed by atoms with Gasteiger partial charge in [0.15, 0.2) is 0 Å². The zero-order valence-electron chi connectivity index (χ0n) is 12.8. The Hall–Kier alpha value is -1.59. The van der Waals surface area contributed by atoms with Gasteiger partial charge < -0.3 is 20.7 Å². The van der Waals surface area contributed by atoms with E-state index in [4.69, 9.17) is 10.5 Å². The van der Waals surface area contributed by atoms with Crippen LogP contribution >= 0.6 is 0 Å². The number of nitrogens with two attached hydrogens (primary N) is 1. The molecule has 0 heterocycles. The first-order valence-corrected chi connectivity index (χ1v) is 6.70. The van der Waals surface area contributed by atoms with Crippen molar-refractivity contribution in [2.75, 3.05) is 34.3 Å². The number of nitrogens with one attached hydrogen (secondary N) is 1. The van der Waals surface area contributed by atoms with Gasteiger partial charge in [0, 0.05) is 13.1 Å². The van der Waals surface area contributed by atoms with Crippen molar-refractivity contribution < 1.29 is 9.53 Å². The standard InChI is InChI=1S/C15H25N3O2/c1-15(14(16)19,17-9-10-18(2)3)11-12-5-7-13(20-4)8-6-12/h5-8,17H,9-11H2,1-4H3,(H2,16,19). The van der Waals surface area contributed by atoms with E-state index in [0.29, 0.717) is 13.0 Å². The molecule has 5 nitrogen and oxygen atoms in total. The molecule has 1 rings (SSSR count). The van der Waals surface area contributed by atoms with Crippen molar-refractivity contribution in [2.24, 2.45) is 5.73 Å². The molecular weight excluding hydrogens is 254 g/mol. The molecule has 5 heteroatoms. The quantitative estimate of drug-likeness (QED) is 0.732. The Morgan fingerprint density at radius 2 is 1.95 bits per heavy atom. The van der Waals surface area contributed by atoms with Gasteiger partial charge in [-0.1, -0.05) is 12.1 Å². The van der Waals surface area contributed by atoms with Crippen molar-refractivity contribution in [3.63, 3.8) is 0 Å². The molecule has 3 N–H and O–H groups in total. The van der Waals surface area contributed by atoms with Crippen molar-refractivity contribution in [1.82, 2.24) is 10.2 Å². The number of primary amides is 1. The van der Waals surface area contributed by atoms with Crippen LogP contribution in [0.4, 0.5) is 0 Å². The maximum absolute atomic E-state index is 11.7. The van der Waals surface area contributed by atoms with Crippen LogP contribution in [0.5, 0.6) is 5.75 Å². The van der Waals surface area contributed by atoms with Crippen molar-refractivity contribution in [1.29, 1.82) is 0 Å². The fraction of sp³-hybridized carbons (Fsp3) is 0.533. The van der Waals surface area contributed by atoms with Gasteiger partial charge in [-0.05, 0) is 45.1 Å². The molecule has 20 heavy (non-hydrogen) atoms. The first-order valence-electron chi connectivity index (χ1n) is 6.70. The number of nitrogens with zero attached hydrogens (tertiary/aromatic N) is 1. The van der Waals surface area contributed by atoms with Crippen LogP contribution in [0.3, 0.4) is 0 Å². The molecule has 1 aromatic carbocycles. The average molecular weight is 279 g/mol. The van der Waals surface area contributed by atoms with E-state index in [1.807, 2.05) is 45.3 Å². The van der Waals surface area contributed by atoms with E-state index in [9.17, 15) is 4.79 Å². The normalized spacial score (nSPS) is 14.1. The van der Waals surface area contributed by atoms with Crippen LogP contribution in [0.25, 0.3) is 0 Å². The Balaban J connectivity index is 2.71. The summed E-state index contributed by atoms with van der Waals surface area (Å²) < 4.78 is 5.13. The Morgan fingerprint density at radius 1 is 1.35 bits per heavy atom. The van der Waals surface area contributed by atoms with E-state index >= 15 is 0 Å². The molecule has 1 amide bonds. The maximum Gasteiger partial charge on any atom is 0.237 e. The average Bonchev–Trinajstić information content (AvgIpc) is 2.39. The Kier molecular flexibility index (Phi) is 5.98. The molecule has 0 aliphatic carbocycles. The highest BCUT2D eigenvalue weighted by molar-refractivity contribution is 5.84. The molecule has 0 saturated carbocycles. The summed E-state index contributed by atoms with van der Waals surface area (Å²) in [6, 6.07) is 7.68. The third-order valence-corrected chi connectivity index (χ3v) is 3.33. The van der Waals surface area contributed by atoms with E-state index in [1.54, 1.807) is 7.11 Å². The number of amides is 1. The minimum Gasteiger partial charge on any atom is -0.497 e. The van der Waals surface area contributed by atoms with Crippen molar-refractivity contribution >= 4 is 5.91 Å². The lowest BCUT2D eigenvalue weighted by Crippen LogP contribution is -2.56. The lowest BCUT2D eigenvalue weighted by molar-refractivity contribution is -0.123. The van der Waals surface area contributed by atoms with E-state index in [-0.39, 0.29) is 5.91 Å². The fourth-order valence-corrected chi connectivity index (χ4v) is 1.94. The van der Waals surface area contributed by atoms with E-state index in [1.165, 1.54) is 0 Å². The van der Waals surface area contributed by atoms with Gasteiger partial charge in [-0.15, -0.1) is 0 Å². The van der Waals surface area contributed by atoms with Crippen LogP contribution in [0.2, 0.25) is 0 Å². The zero-order chi connectivity index (χ0) is 15.2. The molecule has 0 aliphatic heterocycles. The maximum atomic E-state index is 11.7. The molecule has 0 bridgehead atoms. The van der Waals surface area contributed by atoms with Gasteiger partial charge >= 0.3 is 0 Å². The highest BCUT2D eigenvalue weighted by atomic mass is 16.5. The van der Waals surface area contributed by atoms with E-state index in [0.717, 1.165) is 17.9 Å². The van der Waals surface area contributed by atoms with Crippen LogP contribution in [0.15, 0.2) is 24.3 Å². The van der Waals surface area contributed by atoms with Crippen LogP contribution < -0.4 is 15.8 Å². The summed E-state index contributed by atoms with van der Waals surface area (Å²) >= 11 is 0. The topological polar surface area (TPSA) is 67.6 Å². The number of hydrogen-bond acceptors (Lipinski definition) is 4. The highest BCUT2D eigenvalue weighted by Crippen LogP contribution is 2.17. The number of rotatable bonds is 8. The molecule has 0 aromatic heterocycles. The monoisotopic (exact) mass is 279 g/mol. The molecule has 0 fully saturated rings. The van der Waals surface area contributed by atoms with Gasteiger partial charge in [-0.3, -0.25) is 4.79 Å². The van der Waals surface area contributed by atoms with E-state index < -0.39 is 5.54 Å². The Bertz CT molecular complexity index is 431. The van der Waals surface area contributed by atoms with Crippen molar-refractivity contribution in [3.8, 4) is 5.75 Å². The van der Waals surface area contributed by atoms with Gasteiger partial charge in [0.25, 0.3) is 0 Å². The van der Waals surface area contributed by atoms with Gasteiger partial charge in [0.1, 0.15) is 5.75 Å². The Morgan fingerprint density at radius 3 is 2.40 bits per heavy atom. The summed E-state index contributed by atoms with van der Waals surface area (Å²) in [6.07, 6.45) is 0.555. The van der Waals surface area contributed by atoms with Gasteiger partial charge in [-0.2, -0.15) is 0 Å². The minimum atomic E-state index is -0.745. The van der Waals surface area contributed by atoms with Crippen LogP contribution in [-0.2, 0) is 11.2 Å². The molecule has 112 valence electrons. The number of likely N-dealkylation sites (N-methyl/N-ethyl adjacent to an activating group) is 1. The summed E-state index contributed by atoms with van der Waals surface area (Å²) in [7, 11) is 5.62. The predicted molar refractivity (Wildman–Crippen MR) is 80.9 cm³/mol. The second kappa shape index (κ2) is 7.26. The third kappa shape index (κ3) is 4.83. The molecule has 0 spiro atoms. The summed E-state index contributed by atoms with van der Waals surface area (Å²) in [6.45, 7) is 3.41. The van der Waals surface area contributed by atoms with Crippen LogP contribution in [0, 0.1) is 0 Å². The first kappa shape index (κ1) is 16.5. The van der Waals surface area contributed by atoms with Crippen molar-refractivity contribution in [3.05, 3.63) is 29.8 Å². The molecule has 0 saturated heterocycles. The van der Waals surface area contributed by atoms with Crippen LogP contribution in [0.1, 0.15) is 12.5 Å².